The van der Waals surface area contributed by atoms with E-state index in [0.29, 0.717) is 52.8 Å². The molecule has 0 spiro atoms. The van der Waals surface area contributed by atoms with Crippen molar-refractivity contribution < 1.29 is 18.1 Å². The number of sulfonamides is 1. The number of aromatic nitrogens is 2. The summed E-state index contributed by atoms with van der Waals surface area (Å²) in [6, 6.07) is 20.0. The monoisotopic (exact) mass is 609 g/mol. The lowest BCUT2D eigenvalue weighted by molar-refractivity contribution is -0.384. The molecule has 0 bridgehead atoms. The van der Waals surface area contributed by atoms with Crippen LogP contribution in [0.2, 0.25) is 5.02 Å². The number of ether oxygens (including phenoxy) is 1. The van der Waals surface area contributed by atoms with Crippen LogP contribution in [0.15, 0.2) is 83.8 Å². The van der Waals surface area contributed by atoms with Crippen molar-refractivity contribution in [3.8, 4) is 11.4 Å². The van der Waals surface area contributed by atoms with Gasteiger partial charge >= 0.3 is 0 Å². The average Bonchev–Trinajstić information content (AvgIpc) is 2.98. The number of nitro benzene ring substituents is 1. The van der Waals surface area contributed by atoms with E-state index in [1.165, 1.54) is 27.2 Å². The number of nitro groups is 1. The molecule has 1 aliphatic rings. The Kier molecular flexibility index (Phi) is 8.57. The number of hydrogen-bond acceptors (Lipinski definition) is 8. The smallest absolute Gasteiger partial charge is 0.277 e. The first-order valence-corrected chi connectivity index (χ1v) is 15.1. The number of rotatable bonds is 9. The molecule has 13 heteroatoms. The SMILES string of the molecule is COc1ccc(Cc2c(N3CCN(S(=O)(=O)Cc4cccc([N+](=O)[O-])c4)CC3)cnn(-c3cccc(Cl)c3)c2=O)cc1. The van der Waals surface area contributed by atoms with Crippen molar-refractivity contribution in [1.29, 1.82) is 0 Å². The predicted molar refractivity (Wildman–Crippen MR) is 160 cm³/mol. The van der Waals surface area contributed by atoms with Gasteiger partial charge in [0.2, 0.25) is 10.0 Å². The Labute approximate surface area is 247 Å². The lowest BCUT2D eigenvalue weighted by Crippen LogP contribution is -2.49. The van der Waals surface area contributed by atoms with E-state index < -0.39 is 14.9 Å². The predicted octanol–water partition coefficient (Wildman–Crippen LogP) is 4.05. The Morgan fingerprint density at radius 1 is 0.976 bits per heavy atom. The first-order chi connectivity index (χ1) is 20.1. The normalized spacial score (nSPS) is 14.1. The molecule has 4 aromatic rings. The lowest BCUT2D eigenvalue weighted by Gasteiger charge is -2.36. The highest BCUT2D eigenvalue weighted by Gasteiger charge is 2.29. The fourth-order valence-electron chi connectivity index (χ4n) is 4.93. The number of non-ortho nitro benzene ring substituents is 1. The van der Waals surface area contributed by atoms with E-state index in [2.05, 4.69) is 5.10 Å². The number of piperazine rings is 1. The molecule has 11 nitrogen and oxygen atoms in total. The topological polar surface area (TPSA) is 128 Å². The number of halogens is 1. The van der Waals surface area contributed by atoms with E-state index in [0.717, 1.165) is 5.56 Å². The molecular weight excluding hydrogens is 582 g/mol. The highest BCUT2D eigenvalue weighted by molar-refractivity contribution is 7.88. The van der Waals surface area contributed by atoms with Gasteiger partial charge in [-0.3, -0.25) is 14.9 Å². The Morgan fingerprint density at radius 2 is 1.69 bits per heavy atom. The number of nitrogens with zero attached hydrogens (tertiary/aromatic N) is 5. The highest BCUT2D eigenvalue weighted by Crippen LogP contribution is 2.25. The van der Waals surface area contributed by atoms with E-state index >= 15 is 0 Å². The van der Waals surface area contributed by atoms with Crippen LogP contribution in [-0.4, -0.2) is 60.7 Å². The second kappa shape index (κ2) is 12.3. The van der Waals surface area contributed by atoms with Crippen LogP contribution in [0.5, 0.6) is 5.75 Å². The third kappa shape index (κ3) is 6.46. The van der Waals surface area contributed by atoms with E-state index in [4.69, 9.17) is 16.3 Å². The Bertz CT molecular complexity index is 1770. The van der Waals surface area contributed by atoms with Gasteiger partial charge in [0.05, 0.1) is 35.4 Å². The second-order valence-corrected chi connectivity index (χ2v) is 12.2. The summed E-state index contributed by atoms with van der Waals surface area (Å²) in [5.41, 5.74) is 2.47. The van der Waals surface area contributed by atoms with Crippen LogP contribution in [0, 0.1) is 10.1 Å². The van der Waals surface area contributed by atoms with E-state index in [1.54, 1.807) is 43.6 Å². The van der Waals surface area contributed by atoms with Gasteiger partial charge < -0.3 is 9.64 Å². The van der Waals surface area contributed by atoms with Gasteiger partial charge in [0.15, 0.2) is 0 Å². The largest absolute Gasteiger partial charge is 0.497 e. The van der Waals surface area contributed by atoms with Crippen molar-refractivity contribution in [3.05, 3.63) is 121 Å². The third-order valence-electron chi connectivity index (χ3n) is 7.09. The summed E-state index contributed by atoms with van der Waals surface area (Å²) in [6.07, 6.45) is 1.96. The zero-order valence-electron chi connectivity index (χ0n) is 22.7. The van der Waals surface area contributed by atoms with Gasteiger partial charge in [-0.05, 0) is 41.5 Å². The van der Waals surface area contributed by atoms with Crippen molar-refractivity contribution in [3.63, 3.8) is 0 Å². The zero-order valence-corrected chi connectivity index (χ0v) is 24.3. The van der Waals surface area contributed by atoms with Crippen LogP contribution in [0.25, 0.3) is 5.69 Å². The Morgan fingerprint density at radius 3 is 2.36 bits per heavy atom. The van der Waals surface area contributed by atoms with Gasteiger partial charge in [0.1, 0.15) is 5.75 Å². The summed E-state index contributed by atoms with van der Waals surface area (Å²) in [5.74, 6) is 0.363. The number of methoxy groups -OCH3 is 1. The second-order valence-electron chi connectivity index (χ2n) is 9.80. The molecule has 0 saturated carbocycles. The molecule has 1 aliphatic heterocycles. The molecule has 0 radical (unpaired) electrons. The van der Waals surface area contributed by atoms with Crippen molar-refractivity contribution >= 4 is 33.0 Å². The Balaban J connectivity index is 1.40. The van der Waals surface area contributed by atoms with Gasteiger partial charge in [0.25, 0.3) is 11.2 Å². The van der Waals surface area contributed by atoms with Crippen molar-refractivity contribution in [2.24, 2.45) is 0 Å². The molecule has 42 heavy (non-hydrogen) atoms. The zero-order chi connectivity index (χ0) is 29.9. The van der Waals surface area contributed by atoms with Crippen LogP contribution in [0.3, 0.4) is 0 Å². The maximum absolute atomic E-state index is 13.8. The summed E-state index contributed by atoms with van der Waals surface area (Å²) in [6.45, 7) is 1.06. The van der Waals surface area contributed by atoms with Crippen molar-refractivity contribution in [2.45, 2.75) is 12.2 Å². The maximum Gasteiger partial charge on any atom is 0.277 e. The molecule has 0 N–H and O–H groups in total. The van der Waals surface area contributed by atoms with E-state index in [1.807, 2.05) is 29.2 Å². The number of anilines is 1. The molecule has 1 saturated heterocycles. The summed E-state index contributed by atoms with van der Waals surface area (Å²) in [7, 11) is -2.14. The van der Waals surface area contributed by atoms with Gasteiger partial charge in [-0.1, -0.05) is 41.9 Å². The molecule has 2 heterocycles. The molecule has 3 aromatic carbocycles. The molecule has 0 unspecified atom stereocenters. The first-order valence-electron chi connectivity index (χ1n) is 13.1. The van der Waals surface area contributed by atoms with Crippen LogP contribution in [0.1, 0.15) is 16.7 Å². The van der Waals surface area contributed by atoms with Gasteiger partial charge in [-0.15, -0.1) is 0 Å². The highest BCUT2D eigenvalue weighted by atomic mass is 35.5. The number of benzene rings is 3. The van der Waals surface area contributed by atoms with Gasteiger partial charge in [-0.2, -0.15) is 14.1 Å². The molecule has 0 aliphatic carbocycles. The van der Waals surface area contributed by atoms with Crippen molar-refractivity contribution in [2.75, 3.05) is 38.2 Å². The maximum atomic E-state index is 13.8. The molecule has 1 fully saturated rings. The fourth-order valence-corrected chi connectivity index (χ4v) is 6.61. The molecule has 218 valence electrons. The molecular formula is C29H28ClN5O6S. The lowest BCUT2D eigenvalue weighted by atomic mass is 10.0. The summed E-state index contributed by atoms with van der Waals surface area (Å²) in [4.78, 5) is 26.3. The number of hydrogen-bond donors (Lipinski definition) is 0. The quantitative estimate of drug-likeness (QED) is 0.205. The standard InChI is InChI=1S/C29H28ClN5O6S/c1-41-26-10-8-21(9-11-26)17-27-28(19-31-34(29(27)36)24-6-3-5-23(30)18-24)32-12-14-33(15-13-32)42(39,40)20-22-4-2-7-25(16-22)35(37)38/h2-11,16,18-19H,12-15,17,20H2,1H3. The van der Waals surface area contributed by atoms with Gasteiger partial charge in [-0.25, -0.2) is 8.42 Å². The van der Waals surface area contributed by atoms with Crippen LogP contribution >= 0.6 is 11.6 Å². The minimum atomic E-state index is -3.73. The minimum Gasteiger partial charge on any atom is -0.497 e. The van der Waals surface area contributed by atoms with Crippen LogP contribution in [-0.2, 0) is 22.2 Å². The Hall–Kier alpha value is -4.26. The summed E-state index contributed by atoms with van der Waals surface area (Å²) < 4.78 is 34.3. The molecule has 1 aromatic heterocycles. The average molecular weight is 610 g/mol. The van der Waals surface area contributed by atoms with E-state index in [9.17, 15) is 23.3 Å². The minimum absolute atomic E-state index is 0.156. The summed E-state index contributed by atoms with van der Waals surface area (Å²) >= 11 is 6.17. The third-order valence-corrected chi connectivity index (χ3v) is 9.18. The molecule has 0 atom stereocenters. The van der Waals surface area contributed by atoms with Crippen LogP contribution < -0.4 is 15.2 Å². The van der Waals surface area contributed by atoms with Gasteiger partial charge in [0, 0.05) is 55.3 Å². The first kappa shape index (κ1) is 29.2. The fraction of sp³-hybridized carbons (Fsp3) is 0.241. The molecule has 0 amide bonds. The van der Waals surface area contributed by atoms with Crippen LogP contribution in [0.4, 0.5) is 11.4 Å². The summed E-state index contributed by atoms with van der Waals surface area (Å²) in [5, 5.41) is 16.0. The van der Waals surface area contributed by atoms with Crippen molar-refractivity contribution in [1.82, 2.24) is 14.1 Å². The van der Waals surface area contributed by atoms with E-state index in [-0.39, 0.29) is 30.1 Å². The molecule has 5 rings (SSSR count).